The largest absolute Gasteiger partial charge is 0.493 e. The van der Waals surface area contributed by atoms with Crippen molar-refractivity contribution in [3.05, 3.63) is 258 Å². The Morgan fingerprint density at radius 3 is 0.988 bits per heavy atom. The number of carbonyl (C=O) groups is 4. The number of nitrogens with zero attached hydrogens (tertiary/aromatic N) is 2. The molecule has 12 heteroatoms. The summed E-state index contributed by atoms with van der Waals surface area (Å²) < 4.78 is 0. The fourth-order valence-electron chi connectivity index (χ4n) is 13.5. The number of aliphatic hydroxyl groups is 2. The third-order valence-electron chi connectivity index (χ3n) is 17.0. The lowest BCUT2D eigenvalue weighted by Gasteiger charge is -2.20. The Kier molecular flexibility index (Phi) is 8.91. The van der Waals surface area contributed by atoms with Crippen molar-refractivity contribution >= 4 is 155 Å². The van der Waals surface area contributed by atoms with E-state index in [1.807, 2.05) is 36.4 Å². The van der Waals surface area contributed by atoms with Gasteiger partial charge in [0.15, 0.2) is 34.0 Å². The summed E-state index contributed by atoms with van der Waals surface area (Å²) in [7, 11) is 0. The number of aromatic nitrogens is 2. The minimum absolute atomic E-state index is 0.00155. The number of ketones is 4. The number of aliphatic imine (C=N–C) groups is 2. The van der Waals surface area contributed by atoms with Crippen LogP contribution in [-0.2, 0) is 0 Å². The van der Waals surface area contributed by atoms with Crippen molar-refractivity contribution in [2.45, 2.75) is 0 Å². The molecule has 0 aliphatic heterocycles. The zero-order valence-electron chi connectivity index (χ0n) is 42.6. The van der Waals surface area contributed by atoms with Gasteiger partial charge in [-0.2, -0.15) is 0 Å². The molecule has 4 N–H and O–H groups in total. The Bertz CT molecular complexity index is 5420. The van der Waals surface area contributed by atoms with Gasteiger partial charge in [0.2, 0.25) is 11.8 Å². The monoisotopic (exact) mass is 1060 g/mol. The maximum atomic E-state index is 15.7. The minimum atomic E-state index is -0.454. The lowest BCUT2D eigenvalue weighted by Crippen LogP contribution is -2.21. The molecule has 0 spiro atoms. The van der Waals surface area contributed by atoms with Crippen LogP contribution in [0.4, 0.5) is 11.4 Å². The molecule has 13 aromatic carbocycles. The smallest absolute Gasteiger partial charge is 0.218 e. The van der Waals surface area contributed by atoms with Crippen LogP contribution in [0.5, 0.6) is 0 Å². The standard InChI is InChI=1S/C70H34N4O8/c75-63-37-23-11-13-25-39(37)67(79)57-53(63)47(71-69(81)31-15-3-1-4-16-31)29-43-41-27-45-49-33-19-7-10-22-36(33)66(78)56-52(49)46(50-34-20-8-9-21-35(34)65(77)55(51(45)50)59(41)73-61(43)57)28-42-44-30-48(72-70(82)32-17-5-2-6-18-32)54-58(62(44)74-60(42)56)68(80)40-26-14-12-24-38(40)64(54)76/h1-30,73-74H,(H,71,81)(H,72,82). The molecule has 0 amide bonds. The first-order chi connectivity index (χ1) is 40.0. The van der Waals surface area contributed by atoms with Crippen molar-refractivity contribution in [2.24, 2.45) is 9.98 Å². The van der Waals surface area contributed by atoms with Crippen LogP contribution in [0.2, 0.25) is 0 Å². The fraction of sp³-hybridized carbons (Fsp3) is 0. The summed E-state index contributed by atoms with van der Waals surface area (Å²) >= 11 is 0. The SMILES string of the molecule is O=C1c2ccccc2C(=O)c2c1c(N=C(O)c1ccccc1)cc1c2[nH]c2c1cc1c3c4ccccc4c(=O)c4c5[nH]c6c7c(c(N=C(O)c8ccccc8)cc6c5cc(c5c6ccccc6c(=O)c2c15)c43)C(=O)c1ccccc1C7=O. The van der Waals surface area contributed by atoms with E-state index in [4.69, 9.17) is 9.98 Å². The van der Waals surface area contributed by atoms with Gasteiger partial charge in [0.25, 0.3) is 0 Å². The molecule has 15 aromatic rings. The summed E-state index contributed by atoms with van der Waals surface area (Å²) in [4.78, 5) is 108. The topological polar surface area (TPSA) is 199 Å². The Morgan fingerprint density at radius 1 is 0.293 bits per heavy atom. The van der Waals surface area contributed by atoms with Crippen molar-refractivity contribution in [1.29, 1.82) is 0 Å². The number of rotatable bonds is 4. The van der Waals surface area contributed by atoms with Gasteiger partial charge in [-0.25, -0.2) is 9.98 Å². The molecule has 17 rings (SSSR count). The second-order valence-electron chi connectivity index (χ2n) is 21.1. The number of hydrogen-bond donors (Lipinski definition) is 4. The third kappa shape index (κ3) is 5.77. The summed E-state index contributed by atoms with van der Waals surface area (Å²) in [6.07, 6.45) is 0. The average Bonchev–Trinajstić information content (AvgIpc) is 3.12. The Balaban J connectivity index is 1.08. The molecule has 0 bridgehead atoms. The van der Waals surface area contributed by atoms with Gasteiger partial charge < -0.3 is 20.2 Å². The van der Waals surface area contributed by atoms with Gasteiger partial charge >= 0.3 is 0 Å². The first kappa shape index (κ1) is 45.5. The van der Waals surface area contributed by atoms with Crippen LogP contribution in [0.3, 0.4) is 0 Å². The van der Waals surface area contributed by atoms with Crippen molar-refractivity contribution in [3.8, 4) is 0 Å². The number of aromatic amines is 2. The van der Waals surface area contributed by atoms with Crippen molar-refractivity contribution in [3.63, 3.8) is 0 Å². The summed E-state index contributed by atoms with van der Waals surface area (Å²) in [5.74, 6) is -2.53. The highest BCUT2D eigenvalue weighted by atomic mass is 16.3. The van der Waals surface area contributed by atoms with Gasteiger partial charge in [-0.3, -0.25) is 28.8 Å². The van der Waals surface area contributed by atoms with Crippen LogP contribution in [0.1, 0.15) is 74.8 Å². The maximum absolute atomic E-state index is 15.7. The van der Waals surface area contributed by atoms with Gasteiger partial charge in [0.1, 0.15) is 0 Å². The van der Waals surface area contributed by atoms with Crippen molar-refractivity contribution in [1.82, 2.24) is 9.97 Å². The molecule has 2 aromatic heterocycles. The Labute approximate surface area is 459 Å². The molecule has 82 heavy (non-hydrogen) atoms. The summed E-state index contributed by atoms with van der Waals surface area (Å²) in [6, 6.07) is 52.5. The van der Waals surface area contributed by atoms with E-state index in [9.17, 15) is 19.8 Å². The van der Waals surface area contributed by atoms with E-state index in [1.165, 1.54) is 0 Å². The number of aliphatic hydroxyl groups excluding tert-OH is 2. The zero-order chi connectivity index (χ0) is 55.1. The number of fused-ring (bicyclic) bond motifs is 20. The Hall–Kier alpha value is -11.5. The van der Waals surface area contributed by atoms with Gasteiger partial charge in [0.05, 0.1) is 66.5 Å². The molecular weight excluding hydrogens is 1020 g/mol. The molecule has 0 saturated carbocycles. The van der Waals surface area contributed by atoms with Gasteiger partial charge in [0, 0.05) is 76.5 Å². The maximum Gasteiger partial charge on any atom is 0.218 e. The lowest BCUT2D eigenvalue weighted by atomic mass is 9.81. The normalized spacial score (nSPS) is 13.8. The molecule has 0 atom stereocenters. The first-order valence-electron chi connectivity index (χ1n) is 26.5. The van der Waals surface area contributed by atoms with Crippen LogP contribution in [0.25, 0.3) is 108 Å². The molecule has 12 nitrogen and oxygen atoms in total. The van der Waals surface area contributed by atoms with Crippen molar-refractivity contribution < 1.29 is 29.4 Å². The molecule has 0 radical (unpaired) electrons. The fourth-order valence-corrected chi connectivity index (χ4v) is 13.5. The third-order valence-corrected chi connectivity index (χ3v) is 17.0. The summed E-state index contributed by atoms with van der Waals surface area (Å²) in [5, 5.41) is 31.5. The van der Waals surface area contributed by atoms with E-state index in [-0.39, 0.29) is 78.5 Å². The van der Waals surface area contributed by atoms with E-state index in [0.717, 1.165) is 0 Å². The van der Waals surface area contributed by atoms with Crippen LogP contribution in [-0.4, -0.2) is 55.1 Å². The van der Waals surface area contributed by atoms with Crippen LogP contribution >= 0.6 is 0 Å². The van der Waals surface area contributed by atoms with E-state index >= 15 is 19.2 Å². The summed E-state index contributed by atoms with van der Waals surface area (Å²) in [6.45, 7) is 0. The van der Waals surface area contributed by atoms with E-state index in [1.54, 1.807) is 146 Å². The highest BCUT2D eigenvalue weighted by molar-refractivity contribution is 6.48. The second-order valence-corrected chi connectivity index (χ2v) is 21.1. The number of H-pyrrole nitrogens is 2. The average molecular weight is 1060 g/mol. The molecule has 2 aliphatic rings. The highest BCUT2D eigenvalue weighted by Gasteiger charge is 2.38. The predicted octanol–water partition coefficient (Wildman–Crippen LogP) is 14.3. The number of hydrogen-bond acceptors (Lipinski definition) is 8. The quantitative estimate of drug-likeness (QED) is 0.0577. The number of carbonyl (C=O) groups excluding carboxylic acids is 4. The molecule has 0 unspecified atom stereocenters. The zero-order valence-corrected chi connectivity index (χ0v) is 42.6. The van der Waals surface area contributed by atoms with Crippen LogP contribution in [0.15, 0.2) is 202 Å². The first-order valence-corrected chi connectivity index (χ1v) is 26.5. The molecule has 382 valence electrons. The second kappa shape index (κ2) is 16.1. The molecular formula is C70H34N4O8. The molecule has 2 aliphatic carbocycles. The van der Waals surface area contributed by atoms with Gasteiger partial charge in [-0.15, -0.1) is 0 Å². The van der Waals surface area contributed by atoms with E-state index < -0.39 is 23.1 Å². The molecule has 0 fully saturated rings. The van der Waals surface area contributed by atoms with Gasteiger partial charge in [-0.05, 0) is 80.8 Å². The van der Waals surface area contributed by atoms with Crippen LogP contribution in [0, 0.1) is 0 Å². The number of benzene rings is 13. The lowest BCUT2D eigenvalue weighted by molar-refractivity contribution is 0.0980. The van der Waals surface area contributed by atoms with Crippen molar-refractivity contribution in [2.75, 3.05) is 0 Å². The van der Waals surface area contributed by atoms with Gasteiger partial charge in [-0.1, -0.05) is 133 Å². The summed E-state index contributed by atoms with van der Waals surface area (Å²) in [5.41, 5.74) is 2.58. The highest BCUT2D eigenvalue weighted by Crippen LogP contribution is 2.51. The number of nitrogens with one attached hydrogen (secondary N) is 2. The molecule has 2 heterocycles. The predicted molar refractivity (Wildman–Crippen MR) is 322 cm³/mol. The molecule has 0 saturated heterocycles. The Morgan fingerprint density at radius 2 is 0.610 bits per heavy atom. The van der Waals surface area contributed by atoms with Crippen LogP contribution < -0.4 is 10.9 Å². The minimum Gasteiger partial charge on any atom is -0.493 e. The van der Waals surface area contributed by atoms with E-state index in [2.05, 4.69) is 9.97 Å². The van der Waals surface area contributed by atoms with E-state index in [0.29, 0.717) is 119 Å².